The van der Waals surface area contributed by atoms with Crippen LogP contribution in [0.4, 0.5) is 0 Å². The van der Waals surface area contributed by atoms with Crippen LogP contribution in [0.5, 0.6) is 5.75 Å². The van der Waals surface area contributed by atoms with Gasteiger partial charge in [-0.25, -0.2) is 0 Å². The number of benzene rings is 1. The van der Waals surface area contributed by atoms with Crippen LogP contribution in [-0.2, 0) is 7.05 Å². The Labute approximate surface area is 149 Å². The molecular weight excluding hydrogens is 314 g/mol. The van der Waals surface area contributed by atoms with E-state index >= 15 is 0 Å². The Bertz CT molecular complexity index is 751. The van der Waals surface area contributed by atoms with Gasteiger partial charge in [0.25, 0.3) is 5.91 Å². The number of aryl methyl sites for hydroxylation is 1. The SMILES string of the molecule is COc1cccc(C2CCCCN2C(=O)c2cc(C(C)C)nn2C)c1. The molecule has 1 aromatic heterocycles. The average Bonchev–Trinajstić information content (AvgIpc) is 3.03. The Kier molecular flexibility index (Phi) is 5.11. The number of hydrogen-bond acceptors (Lipinski definition) is 3. The molecule has 134 valence electrons. The molecule has 1 atom stereocenters. The average molecular weight is 341 g/mol. The Morgan fingerprint density at radius 3 is 2.76 bits per heavy atom. The lowest BCUT2D eigenvalue weighted by molar-refractivity contribution is 0.0600. The first-order chi connectivity index (χ1) is 12.0. The van der Waals surface area contributed by atoms with Crippen molar-refractivity contribution in [2.45, 2.75) is 45.1 Å². The van der Waals surface area contributed by atoms with Crippen molar-refractivity contribution in [1.82, 2.24) is 14.7 Å². The molecule has 1 unspecified atom stereocenters. The van der Waals surface area contributed by atoms with Gasteiger partial charge in [-0.3, -0.25) is 9.48 Å². The molecule has 1 aliphatic rings. The second kappa shape index (κ2) is 7.30. The van der Waals surface area contributed by atoms with Gasteiger partial charge >= 0.3 is 0 Å². The van der Waals surface area contributed by atoms with Crippen LogP contribution in [0.1, 0.15) is 66.8 Å². The zero-order valence-corrected chi connectivity index (χ0v) is 15.5. The van der Waals surface area contributed by atoms with Gasteiger partial charge in [-0.1, -0.05) is 26.0 Å². The van der Waals surface area contributed by atoms with E-state index in [-0.39, 0.29) is 11.9 Å². The normalized spacial score (nSPS) is 17.8. The number of carbonyl (C=O) groups excluding carboxylic acids is 1. The standard InChI is InChI=1S/C20H27N3O2/c1-14(2)17-13-19(22(3)21-17)20(24)23-11-6-5-10-18(23)15-8-7-9-16(12-15)25-4/h7-9,12-14,18H,5-6,10-11H2,1-4H3. The molecule has 25 heavy (non-hydrogen) atoms. The summed E-state index contributed by atoms with van der Waals surface area (Å²) in [6.07, 6.45) is 3.16. The predicted molar refractivity (Wildman–Crippen MR) is 97.9 cm³/mol. The summed E-state index contributed by atoms with van der Waals surface area (Å²) in [4.78, 5) is 15.2. The molecule has 2 heterocycles. The number of aromatic nitrogens is 2. The Balaban J connectivity index is 1.91. The van der Waals surface area contributed by atoms with Gasteiger partial charge in [0.05, 0.1) is 18.8 Å². The van der Waals surface area contributed by atoms with Crippen molar-refractivity contribution in [1.29, 1.82) is 0 Å². The third kappa shape index (κ3) is 3.55. The molecule has 0 bridgehead atoms. The van der Waals surface area contributed by atoms with Gasteiger partial charge in [-0.05, 0) is 48.9 Å². The molecule has 1 fully saturated rings. The Morgan fingerprint density at radius 1 is 1.28 bits per heavy atom. The molecule has 5 nitrogen and oxygen atoms in total. The molecule has 5 heteroatoms. The summed E-state index contributed by atoms with van der Waals surface area (Å²) in [7, 11) is 3.52. The third-order valence-corrected chi connectivity index (χ3v) is 4.95. The van der Waals surface area contributed by atoms with E-state index < -0.39 is 0 Å². The number of ether oxygens (including phenoxy) is 1. The van der Waals surface area contributed by atoms with Crippen LogP contribution >= 0.6 is 0 Å². The Morgan fingerprint density at radius 2 is 2.08 bits per heavy atom. The van der Waals surface area contributed by atoms with Crippen LogP contribution < -0.4 is 4.74 Å². The summed E-state index contributed by atoms with van der Waals surface area (Å²) in [5, 5.41) is 4.50. The molecule has 2 aromatic rings. The van der Waals surface area contributed by atoms with Crippen molar-refractivity contribution in [3.05, 3.63) is 47.3 Å². The minimum atomic E-state index is 0.0643. The van der Waals surface area contributed by atoms with E-state index in [0.29, 0.717) is 11.6 Å². The first-order valence-corrected chi connectivity index (χ1v) is 9.00. The number of carbonyl (C=O) groups is 1. The molecule has 0 saturated carbocycles. The Hall–Kier alpha value is -2.30. The summed E-state index contributed by atoms with van der Waals surface area (Å²) in [6, 6.07) is 10.1. The third-order valence-electron chi connectivity index (χ3n) is 4.95. The molecule has 1 aromatic carbocycles. The van der Waals surface area contributed by atoms with E-state index in [1.807, 2.05) is 36.2 Å². The number of hydrogen-bond donors (Lipinski definition) is 0. The molecule has 3 rings (SSSR count). The largest absolute Gasteiger partial charge is 0.497 e. The molecule has 1 amide bonds. The topological polar surface area (TPSA) is 47.4 Å². The van der Waals surface area contributed by atoms with E-state index in [1.165, 1.54) is 0 Å². The zero-order valence-electron chi connectivity index (χ0n) is 15.5. The summed E-state index contributed by atoms with van der Waals surface area (Å²) in [5.74, 6) is 1.20. The fourth-order valence-corrected chi connectivity index (χ4v) is 3.49. The molecule has 1 aliphatic heterocycles. The summed E-state index contributed by atoms with van der Waals surface area (Å²) >= 11 is 0. The number of methoxy groups -OCH3 is 1. The molecule has 0 spiro atoms. The maximum Gasteiger partial charge on any atom is 0.272 e. The minimum absolute atomic E-state index is 0.0643. The summed E-state index contributed by atoms with van der Waals surface area (Å²) < 4.78 is 7.07. The van der Waals surface area contributed by atoms with Crippen molar-refractivity contribution in [3.63, 3.8) is 0 Å². The maximum atomic E-state index is 13.2. The quantitative estimate of drug-likeness (QED) is 0.847. The van der Waals surface area contributed by atoms with Crippen LogP contribution in [0.15, 0.2) is 30.3 Å². The second-order valence-electron chi connectivity index (χ2n) is 7.02. The fourth-order valence-electron chi connectivity index (χ4n) is 3.49. The number of piperidine rings is 1. The molecular formula is C20H27N3O2. The van der Waals surface area contributed by atoms with E-state index in [0.717, 1.165) is 42.8 Å². The molecule has 1 saturated heterocycles. The highest BCUT2D eigenvalue weighted by atomic mass is 16.5. The van der Waals surface area contributed by atoms with Crippen molar-refractivity contribution >= 4 is 5.91 Å². The van der Waals surface area contributed by atoms with Gasteiger partial charge < -0.3 is 9.64 Å². The lowest BCUT2D eigenvalue weighted by Gasteiger charge is -2.36. The van der Waals surface area contributed by atoms with Gasteiger partial charge in [0, 0.05) is 13.6 Å². The van der Waals surface area contributed by atoms with Gasteiger partial charge in [-0.15, -0.1) is 0 Å². The summed E-state index contributed by atoms with van der Waals surface area (Å²) in [6.45, 7) is 4.97. The molecule has 0 N–H and O–H groups in total. The number of amides is 1. The van der Waals surface area contributed by atoms with Gasteiger partial charge in [0.15, 0.2) is 0 Å². The molecule has 0 aliphatic carbocycles. The van der Waals surface area contributed by atoms with Gasteiger partial charge in [0.1, 0.15) is 11.4 Å². The van der Waals surface area contributed by atoms with Crippen molar-refractivity contribution in [3.8, 4) is 5.75 Å². The highest BCUT2D eigenvalue weighted by Crippen LogP contribution is 2.33. The first-order valence-electron chi connectivity index (χ1n) is 9.00. The highest BCUT2D eigenvalue weighted by molar-refractivity contribution is 5.93. The fraction of sp³-hybridized carbons (Fsp3) is 0.500. The number of likely N-dealkylation sites (tertiary alicyclic amines) is 1. The van der Waals surface area contributed by atoms with Crippen LogP contribution in [0.25, 0.3) is 0 Å². The van der Waals surface area contributed by atoms with Crippen molar-refractivity contribution < 1.29 is 9.53 Å². The smallest absolute Gasteiger partial charge is 0.272 e. The lowest BCUT2D eigenvalue weighted by atomic mass is 9.94. The predicted octanol–water partition coefficient (Wildman–Crippen LogP) is 3.92. The first kappa shape index (κ1) is 17.5. The van der Waals surface area contributed by atoms with E-state index in [2.05, 4.69) is 25.0 Å². The van der Waals surface area contributed by atoms with E-state index in [4.69, 9.17) is 4.74 Å². The zero-order chi connectivity index (χ0) is 18.0. The van der Waals surface area contributed by atoms with Crippen molar-refractivity contribution in [2.24, 2.45) is 7.05 Å². The van der Waals surface area contributed by atoms with E-state index in [1.54, 1.807) is 11.8 Å². The van der Waals surface area contributed by atoms with Gasteiger partial charge in [0.2, 0.25) is 0 Å². The van der Waals surface area contributed by atoms with Crippen molar-refractivity contribution in [2.75, 3.05) is 13.7 Å². The maximum absolute atomic E-state index is 13.2. The lowest BCUT2D eigenvalue weighted by Crippen LogP contribution is -2.39. The van der Waals surface area contributed by atoms with Crippen LogP contribution in [0.3, 0.4) is 0 Å². The molecule has 0 radical (unpaired) electrons. The van der Waals surface area contributed by atoms with Crippen LogP contribution in [0.2, 0.25) is 0 Å². The van der Waals surface area contributed by atoms with Gasteiger partial charge in [-0.2, -0.15) is 5.10 Å². The van der Waals surface area contributed by atoms with Crippen LogP contribution in [-0.4, -0.2) is 34.2 Å². The highest BCUT2D eigenvalue weighted by Gasteiger charge is 2.30. The minimum Gasteiger partial charge on any atom is -0.497 e. The second-order valence-corrected chi connectivity index (χ2v) is 7.02. The number of rotatable bonds is 4. The number of nitrogens with zero attached hydrogens (tertiary/aromatic N) is 3. The monoisotopic (exact) mass is 341 g/mol. The van der Waals surface area contributed by atoms with E-state index in [9.17, 15) is 4.79 Å². The van der Waals surface area contributed by atoms with Crippen LogP contribution in [0, 0.1) is 0 Å². The summed E-state index contributed by atoms with van der Waals surface area (Å²) in [5.41, 5.74) is 2.76.